The molecular formula is C11H16O3. The molecule has 14 heavy (non-hydrogen) atoms. The molecular weight excluding hydrogens is 180 g/mol. The lowest BCUT2D eigenvalue weighted by molar-refractivity contribution is -0.143. The fourth-order valence-corrected chi connectivity index (χ4v) is 1.89. The van der Waals surface area contributed by atoms with Crippen molar-refractivity contribution in [3.05, 3.63) is 0 Å². The van der Waals surface area contributed by atoms with Gasteiger partial charge in [0.1, 0.15) is 17.3 Å². The quantitative estimate of drug-likeness (QED) is 0.627. The molecule has 1 fully saturated rings. The van der Waals surface area contributed by atoms with Crippen LogP contribution in [0.15, 0.2) is 0 Å². The highest BCUT2D eigenvalue weighted by molar-refractivity contribution is 6.07. The monoisotopic (exact) mass is 196 g/mol. The number of Topliss-reactive ketones (excluding diaryl/α,β-unsaturated/α-hetero) is 3. The van der Waals surface area contributed by atoms with E-state index in [0.717, 1.165) is 0 Å². The molecule has 0 amide bonds. The number of hydrogen-bond acceptors (Lipinski definition) is 3. The van der Waals surface area contributed by atoms with E-state index in [-0.39, 0.29) is 35.6 Å². The Labute approximate surface area is 83.9 Å². The van der Waals surface area contributed by atoms with Crippen molar-refractivity contribution < 1.29 is 14.4 Å². The molecule has 1 rings (SSSR count). The Bertz CT molecular complexity index is 280. The average molecular weight is 196 g/mol. The van der Waals surface area contributed by atoms with Gasteiger partial charge in [0.25, 0.3) is 0 Å². The Morgan fingerprint density at radius 3 is 2.43 bits per heavy atom. The molecule has 0 bridgehead atoms. The van der Waals surface area contributed by atoms with Gasteiger partial charge in [-0.3, -0.25) is 14.4 Å². The van der Waals surface area contributed by atoms with E-state index in [4.69, 9.17) is 0 Å². The average Bonchev–Trinajstić information content (AvgIpc) is 2.09. The topological polar surface area (TPSA) is 51.2 Å². The van der Waals surface area contributed by atoms with Crippen molar-refractivity contribution in [2.75, 3.05) is 0 Å². The van der Waals surface area contributed by atoms with Crippen molar-refractivity contribution in [1.29, 1.82) is 0 Å². The Morgan fingerprint density at radius 1 is 1.36 bits per heavy atom. The maximum absolute atomic E-state index is 11.7. The SMILES string of the molecule is CC(=O)CC1C(=O)CC(C)C(C)C1=O. The first-order valence-corrected chi connectivity index (χ1v) is 4.99. The Hall–Kier alpha value is -0.990. The van der Waals surface area contributed by atoms with E-state index >= 15 is 0 Å². The maximum atomic E-state index is 11.7. The smallest absolute Gasteiger partial charge is 0.146 e. The van der Waals surface area contributed by atoms with E-state index < -0.39 is 5.92 Å². The summed E-state index contributed by atoms with van der Waals surface area (Å²) in [5.74, 6) is -0.813. The van der Waals surface area contributed by atoms with Crippen LogP contribution in [0.25, 0.3) is 0 Å². The zero-order chi connectivity index (χ0) is 10.9. The molecule has 1 saturated carbocycles. The third kappa shape index (κ3) is 2.08. The van der Waals surface area contributed by atoms with Crippen LogP contribution in [0, 0.1) is 17.8 Å². The van der Waals surface area contributed by atoms with Gasteiger partial charge in [0.2, 0.25) is 0 Å². The highest BCUT2D eigenvalue weighted by atomic mass is 16.2. The van der Waals surface area contributed by atoms with Crippen LogP contribution in [-0.4, -0.2) is 17.3 Å². The number of hydrogen-bond donors (Lipinski definition) is 0. The van der Waals surface area contributed by atoms with Crippen LogP contribution in [0.2, 0.25) is 0 Å². The Kier molecular flexibility index (Phi) is 3.19. The molecule has 0 N–H and O–H groups in total. The molecule has 0 spiro atoms. The van der Waals surface area contributed by atoms with E-state index in [0.29, 0.717) is 6.42 Å². The van der Waals surface area contributed by atoms with Gasteiger partial charge in [0.15, 0.2) is 0 Å². The summed E-state index contributed by atoms with van der Waals surface area (Å²) in [6.07, 6.45) is 0.527. The maximum Gasteiger partial charge on any atom is 0.146 e. The van der Waals surface area contributed by atoms with Crippen LogP contribution in [0.4, 0.5) is 0 Å². The van der Waals surface area contributed by atoms with Crippen LogP contribution in [0.5, 0.6) is 0 Å². The summed E-state index contributed by atoms with van der Waals surface area (Å²) in [5.41, 5.74) is 0. The van der Waals surface area contributed by atoms with Crippen LogP contribution in [-0.2, 0) is 14.4 Å². The fraction of sp³-hybridized carbons (Fsp3) is 0.727. The van der Waals surface area contributed by atoms with E-state index in [1.165, 1.54) is 6.92 Å². The summed E-state index contributed by atoms with van der Waals surface area (Å²) in [5, 5.41) is 0. The van der Waals surface area contributed by atoms with Gasteiger partial charge in [-0.2, -0.15) is 0 Å². The van der Waals surface area contributed by atoms with Crippen molar-refractivity contribution in [1.82, 2.24) is 0 Å². The van der Waals surface area contributed by atoms with Crippen LogP contribution < -0.4 is 0 Å². The zero-order valence-electron chi connectivity index (χ0n) is 8.87. The summed E-state index contributed by atoms with van der Waals surface area (Å²) < 4.78 is 0. The highest BCUT2D eigenvalue weighted by Crippen LogP contribution is 2.29. The first kappa shape index (κ1) is 11.1. The van der Waals surface area contributed by atoms with Gasteiger partial charge in [-0.1, -0.05) is 13.8 Å². The standard InChI is InChI=1S/C11H16O3/c1-6-4-10(13)9(5-7(2)12)11(14)8(6)3/h6,8-9H,4-5H2,1-3H3. The molecule has 0 saturated heterocycles. The summed E-state index contributed by atoms with van der Waals surface area (Å²) in [7, 11) is 0. The number of carbonyl (C=O) groups is 3. The molecule has 1 aliphatic carbocycles. The third-order valence-electron chi connectivity index (χ3n) is 3.05. The minimum Gasteiger partial charge on any atom is -0.300 e. The zero-order valence-corrected chi connectivity index (χ0v) is 8.87. The predicted molar refractivity (Wildman–Crippen MR) is 51.7 cm³/mol. The first-order valence-electron chi connectivity index (χ1n) is 4.99. The van der Waals surface area contributed by atoms with Gasteiger partial charge < -0.3 is 0 Å². The Morgan fingerprint density at radius 2 is 1.93 bits per heavy atom. The van der Waals surface area contributed by atoms with Crippen molar-refractivity contribution in [3.8, 4) is 0 Å². The molecule has 0 aromatic rings. The second kappa shape index (κ2) is 4.03. The minimum atomic E-state index is -0.654. The van der Waals surface area contributed by atoms with Crippen molar-refractivity contribution in [2.45, 2.75) is 33.6 Å². The van der Waals surface area contributed by atoms with Crippen molar-refractivity contribution in [2.24, 2.45) is 17.8 Å². The van der Waals surface area contributed by atoms with Crippen molar-refractivity contribution >= 4 is 17.3 Å². The molecule has 78 valence electrons. The van der Waals surface area contributed by atoms with E-state index in [1.54, 1.807) is 0 Å². The summed E-state index contributed by atoms with van der Waals surface area (Å²) in [4.78, 5) is 34.1. The van der Waals surface area contributed by atoms with Crippen molar-refractivity contribution in [3.63, 3.8) is 0 Å². The molecule has 0 heterocycles. The molecule has 0 radical (unpaired) electrons. The lowest BCUT2D eigenvalue weighted by atomic mass is 9.72. The first-order chi connectivity index (χ1) is 6.43. The summed E-state index contributed by atoms with van der Waals surface area (Å²) in [6.45, 7) is 5.17. The summed E-state index contributed by atoms with van der Waals surface area (Å²) >= 11 is 0. The van der Waals surface area contributed by atoms with E-state index in [1.807, 2.05) is 13.8 Å². The molecule has 3 nitrogen and oxygen atoms in total. The molecule has 0 aromatic carbocycles. The number of rotatable bonds is 2. The van der Waals surface area contributed by atoms with Crippen LogP contribution in [0.3, 0.4) is 0 Å². The predicted octanol–water partition coefficient (Wildman–Crippen LogP) is 1.40. The molecule has 1 aliphatic rings. The molecule has 0 aliphatic heterocycles. The normalized spacial score (nSPS) is 33.2. The van der Waals surface area contributed by atoms with Gasteiger partial charge in [-0.05, 0) is 12.8 Å². The fourth-order valence-electron chi connectivity index (χ4n) is 1.89. The van der Waals surface area contributed by atoms with Gasteiger partial charge in [-0.25, -0.2) is 0 Å². The second-order valence-electron chi connectivity index (χ2n) is 4.30. The lowest BCUT2D eigenvalue weighted by Crippen LogP contribution is -2.39. The molecule has 0 aromatic heterocycles. The largest absolute Gasteiger partial charge is 0.300 e. The minimum absolute atomic E-state index is 0.0519. The Balaban J connectivity index is 2.79. The molecule has 3 unspecified atom stereocenters. The number of carbonyl (C=O) groups excluding carboxylic acids is 3. The van der Waals surface area contributed by atoms with Crippen LogP contribution in [0.1, 0.15) is 33.6 Å². The van der Waals surface area contributed by atoms with Gasteiger partial charge in [0, 0.05) is 18.8 Å². The van der Waals surface area contributed by atoms with Gasteiger partial charge in [-0.15, -0.1) is 0 Å². The van der Waals surface area contributed by atoms with E-state index in [2.05, 4.69) is 0 Å². The van der Waals surface area contributed by atoms with Gasteiger partial charge >= 0.3 is 0 Å². The van der Waals surface area contributed by atoms with E-state index in [9.17, 15) is 14.4 Å². The lowest BCUT2D eigenvalue weighted by Gasteiger charge is -2.28. The summed E-state index contributed by atoms with van der Waals surface area (Å²) in [6, 6.07) is 0. The second-order valence-corrected chi connectivity index (χ2v) is 4.30. The molecule has 3 heteroatoms. The third-order valence-corrected chi connectivity index (χ3v) is 3.05. The molecule has 3 atom stereocenters. The van der Waals surface area contributed by atoms with Gasteiger partial charge in [0.05, 0.1) is 5.92 Å². The number of ketones is 3. The van der Waals surface area contributed by atoms with Crippen LogP contribution >= 0.6 is 0 Å². The highest BCUT2D eigenvalue weighted by Gasteiger charge is 2.39.